The molecule has 1 saturated carbocycles. The molecule has 0 radical (unpaired) electrons. The lowest BCUT2D eigenvalue weighted by Gasteiger charge is -2.30. The molecule has 142 valence electrons. The van der Waals surface area contributed by atoms with E-state index in [1.54, 1.807) is 11.3 Å². The Morgan fingerprint density at radius 3 is 2.56 bits per heavy atom. The van der Waals surface area contributed by atoms with E-state index in [1.807, 2.05) is 26.2 Å². The van der Waals surface area contributed by atoms with Crippen LogP contribution in [0.4, 0.5) is 11.8 Å². The molecule has 0 bridgehead atoms. The minimum Gasteiger partial charge on any atom is -0.362 e. The van der Waals surface area contributed by atoms with Crippen LogP contribution >= 0.6 is 11.3 Å². The number of nitrogens with one attached hydrogen (secondary N) is 2. The number of anilines is 2. The molecular formula is C21H27N5S. The lowest BCUT2D eigenvalue weighted by Crippen LogP contribution is -2.36. The van der Waals surface area contributed by atoms with Crippen LogP contribution in [-0.4, -0.2) is 36.1 Å². The summed E-state index contributed by atoms with van der Waals surface area (Å²) in [7, 11) is 4.06. The third kappa shape index (κ3) is 4.39. The summed E-state index contributed by atoms with van der Waals surface area (Å²) in [5.41, 5.74) is 2.38. The Morgan fingerprint density at radius 1 is 1.04 bits per heavy atom. The molecule has 2 aromatic heterocycles. The van der Waals surface area contributed by atoms with Gasteiger partial charge in [-0.2, -0.15) is 16.3 Å². The molecule has 27 heavy (non-hydrogen) atoms. The number of rotatable bonds is 6. The van der Waals surface area contributed by atoms with E-state index in [0.29, 0.717) is 12.1 Å². The van der Waals surface area contributed by atoms with E-state index in [1.165, 1.54) is 18.4 Å². The van der Waals surface area contributed by atoms with Gasteiger partial charge in [0, 0.05) is 38.1 Å². The molecule has 6 heteroatoms. The van der Waals surface area contributed by atoms with Gasteiger partial charge < -0.3 is 15.5 Å². The molecule has 3 aromatic rings. The molecule has 0 saturated heterocycles. The van der Waals surface area contributed by atoms with Crippen LogP contribution < -0.4 is 15.5 Å². The van der Waals surface area contributed by atoms with E-state index >= 15 is 0 Å². The number of benzene rings is 1. The number of nitrogens with zero attached hydrogens (tertiary/aromatic N) is 3. The summed E-state index contributed by atoms with van der Waals surface area (Å²) in [5.74, 6) is 1.71. The summed E-state index contributed by atoms with van der Waals surface area (Å²) < 4.78 is 0. The number of fused-ring (bicyclic) bond motifs is 1. The minimum absolute atomic E-state index is 0.445. The predicted octanol–water partition coefficient (Wildman–Crippen LogP) is 4.27. The lowest BCUT2D eigenvalue weighted by molar-refractivity contribution is 0.352. The van der Waals surface area contributed by atoms with Crippen LogP contribution in [0.15, 0.2) is 41.1 Å². The second-order valence-electron chi connectivity index (χ2n) is 7.49. The van der Waals surface area contributed by atoms with E-state index in [0.717, 1.165) is 42.1 Å². The van der Waals surface area contributed by atoms with E-state index in [-0.39, 0.29) is 0 Å². The highest BCUT2D eigenvalue weighted by Crippen LogP contribution is 2.26. The van der Waals surface area contributed by atoms with Gasteiger partial charge in [-0.3, -0.25) is 0 Å². The molecule has 5 nitrogen and oxygen atoms in total. The fourth-order valence-corrected chi connectivity index (χ4v) is 4.41. The van der Waals surface area contributed by atoms with Crippen LogP contribution in [0.2, 0.25) is 0 Å². The van der Waals surface area contributed by atoms with E-state index in [2.05, 4.69) is 44.5 Å². The summed E-state index contributed by atoms with van der Waals surface area (Å²) in [6, 6.07) is 11.5. The van der Waals surface area contributed by atoms with Gasteiger partial charge >= 0.3 is 0 Å². The number of thiophene rings is 1. The van der Waals surface area contributed by atoms with Gasteiger partial charge in [0.25, 0.3) is 0 Å². The number of para-hydroxylation sites is 1. The zero-order valence-corrected chi connectivity index (χ0v) is 16.8. The standard InChI is InChI=1S/C21H27N5S/c1-26(2)20-18-5-3-4-6-19(18)24-21(25-20)23-17-9-7-16(8-10-17)22-13-15-11-12-27-14-15/h3-6,11-12,14,16-17,22H,7-10,13H2,1-2H3,(H,23,24,25). The van der Waals surface area contributed by atoms with Crippen LogP contribution in [0.5, 0.6) is 0 Å². The molecule has 2 N–H and O–H groups in total. The second-order valence-corrected chi connectivity index (χ2v) is 8.27. The highest BCUT2D eigenvalue weighted by molar-refractivity contribution is 7.07. The van der Waals surface area contributed by atoms with Gasteiger partial charge in [-0.15, -0.1) is 0 Å². The maximum absolute atomic E-state index is 4.77. The van der Waals surface area contributed by atoms with Gasteiger partial charge in [-0.25, -0.2) is 4.98 Å². The number of hydrogen-bond donors (Lipinski definition) is 2. The number of aromatic nitrogens is 2. The van der Waals surface area contributed by atoms with E-state index in [9.17, 15) is 0 Å². The average Bonchev–Trinajstić information content (AvgIpc) is 3.20. The number of hydrogen-bond acceptors (Lipinski definition) is 6. The van der Waals surface area contributed by atoms with Crippen molar-refractivity contribution >= 4 is 34.0 Å². The van der Waals surface area contributed by atoms with Gasteiger partial charge in [0.15, 0.2) is 0 Å². The SMILES string of the molecule is CN(C)c1nc(NC2CCC(NCc3ccsc3)CC2)nc2ccccc12. The molecule has 1 aliphatic rings. The first kappa shape index (κ1) is 18.2. The Hall–Kier alpha value is -2.18. The van der Waals surface area contributed by atoms with E-state index < -0.39 is 0 Å². The first-order valence-corrected chi connectivity index (χ1v) is 10.6. The van der Waals surface area contributed by atoms with Gasteiger partial charge in [0.1, 0.15) is 5.82 Å². The first-order chi connectivity index (χ1) is 13.2. The highest BCUT2D eigenvalue weighted by Gasteiger charge is 2.22. The van der Waals surface area contributed by atoms with Crippen molar-refractivity contribution in [2.24, 2.45) is 0 Å². The third-order valence-corrected chi connectivity index (χ3v) is 5.97. The third-order valence-electron chi connectivity index (χ3n) is 5.24. The Bertz CT molecular complexity index is 869. The van der Waals surface area contributed by atoms with Crippen LogP contribution in [0.25, 0.3) is 10.9 Å². The smallest absolute Gasteiger partial charge is 0.225 e. The molecular weight excluding hydrogens is 354 g/mol. The van der Waals surface area contributed by atoms with Crippen molar-refractivity contribution in [1.82, 2.24) is 15.3 Å². The van der Waals surface area contributed by atoms with Gasteiger partial charge in [-0.1, -0.05) is 12.1 Å². The molecule has 0 spiro atoms. The van der Waals surface area contributed by atoms with Crippen LogP contribution in [-0.2, 0) is 6.54 Å². The topological polar surface area (TPSA) is 53.1 Å². The van der Waals surface area contributed by atoms with Crippen molar-refractivity contribution < 1.29 is 0 Å². The highest BCUT2D eigenvalue weighted by atomic mass is 32.1. The quantitative estimate of drug-likeness (QED) is 0.668. The lowest BCUT2D eigenvalue weighted by atomic mass is 9.91. The minimum atomic E-state index is 0.445. The molecule has 1 fully saturated rings. The summed E-state index contributed by atoms with van der Waals surface area (Å²) in [6.45, 7) is 0.978. The molecule has 1 aliphatic carbocycles. The molecule has 0 unspecified atom stereocenters. The molecule has 4 rings (SSSR count). The molecule has 0 amide bonds. The van der Waals surface area contributed by atoms with Crippen molar-refractivity contribution in [2.45, 2.75) is 44.3 Å². The zero-order chi connectivity index (χ0) is 18.6. The largest absolute Gasteiger partial charge is 0.362 e. The Morgan fingerprint density at radius 2 is 1.81 bits per heavy atom. The van der Waals surface area contributed by atoms with Gasteiger partial charge in [0.2, 0.25) is 5.95 Å². The van der Waals surface area contributed by atoms with Crippen LogP contribution in [0.1, 0.15) is 31.2 Å². The Labute approximate surface area is 164 Å². The van der Waals surface area contributed by atoms with Crippen molar-refractivity contribution in [3.63, 3.8) is 0 Å². The van der Waals surface area contributed by atoms with Crippen molar-refractivity contribution in [2.75, 3.05) is 24.3 Å². The monoisotopic (exact) mass is 381 g/mol. The maximum atomic E-state index is 4.77. The van der Waals surface area contributed by atoms with Crippen molar-refractivity contribution in [3.05, 3.63) is 46.7 Å². The molecule has 1 aromatic carbocycles. The Kier molecular flexibility index (Phi) is 5.55. The van der Waals surface area contributed by atoms with Crippen molar-refractivity contribution in [3.8, 4) is 0 Å². The van der Waals surface area contributed by atoms with E-state index in [4.69, 9.17) is 9.97 Å². The Balaban J connectivity index is 1.37. The van der Waals surface area contributed by atoms with Gasteiger partial charge in [0.05, 0.1) is 5.52 Å². The van der Waals surface area contributed by atoms with Crippen LogP contribution in [0, 0.1) is 0 Å². The fourth-order valence-electron chi connectivity index (χ4n) is 3.75. The van der Waals surface area contributed by atoms with Crippen molar-refractivity contribution in [1.29, 1.82) is 0 Å². The normalized spacial score (nSPS) is 19.9. The van der Waals surface area contributed by atoms with Crippen LogP contribution in [0.3, 0.4) is 0 Å². The summed E-state index contributed by atoms with van der Waals surface area (Å²) in [4.78, 5) is 11.6. The summed E-state index contributed by atoms with van der Waals surface area (Å²) >= 11 is 1.76. The second kappa shape index (κ2) is 8.23. The molecule has 0 atom stereocenters. The van der Waals surface area contributed by atoms with Gasteiger partial charge in [-0.05, 0) is 60.2 Å². The average molecular weight is 382 g/mol. The summed E-state index contributed by atoms with van der Waals surface area (Å²) in [5, 5.41) is 12.7. The summed E-state index contributed by atoms with van der Waals surface area (Å²) in [6.07, 6.45) is 4.68. The molecule has 0 aliphatic heterocycles. The maximum Gasteiger partial charge on any atom is 0.225 e. The predicted molar refractivity (Wildman–Crippen MR) is 115 cm³/mol. The zero-order valence-electron chi connectivity index (χ0n) is 16.0. The molecule has 2 heterocycles. The first-order valence-electron chi connectivity index (χ1n) is 9.64. The fraction of sp³-hybridized carbons (Fsp3) is 0.429.